The number of hydrogen-bond acceptors (Lipinski definition) is 9. The lowest BCUT2D eigenvalue weighted by molar-refractivity contribution is 0.0497. The van der Waals surface area contributed by atoms with E-state index in [9.17, 15) is 4.79 Å². The van der Waals surface area contributed by atoms with Gasteiger partial charge in [0.05, 0.1) is 20.3 Å². The molecule has 0 bridgehead atoms. The number of amides is 1. The minimum Gasteiger partial charge on any atom is -0.497 e. The van der Waals surface area contributed by atoms with Gasteiger partial charge in [-0.05, 0) is 57.4 Å². The van der Waals surface area contributed by atoms with Crippen molar-refractivity contribution in [1.82, 2.24) is 15.3 Å². The second-order valence-corrected chi connectivity index (χ2v) is 10.3. The molecule has 3 heterocycles. The number of nitrogens with one attached hydrogen (secondary N) is 1. The van der Waals surface area contributed by atoms with Crippen LogP contribution in [0.15, 0.2) is 24.3 Å². The Morgan fingerprint density at radius 1 is 1.03 bits per heavy atom. The zero-order valence-electron chi connectivity index (χ0n) is 22.2. The van der Waals surface area contributed by atoms with Crippen LogP contribution < -0.4 is 25.6 Å². The molecule has 0 aliphatic carbocycles. The van der Waals surface area contributed by atoms with E-state index in [0.29, 0.717) is 37.8 Å². The van der Waals surface area contributed by atoms with Crippen molar-refractivity contribution < 1.29 is 19.0 Å². The van der Waals surface area contributed by atoms with Crippen LogP contribution in [0, 0.1) is 0 Å². The highest BCUT2D eigenvalue weighted by molar-refractivity contribution is 5.79. The van der Waals surface area contributed by atoms with Crippen molar-refractivity contribution in [3.05, 3.63) is 35.7 Å². The van der Waals surface area contributed by atoms with E-state index < -0.39 is 5.60 Å². The predicted octanol–water partition coefficient (Wildman–Crippen LogP) is 3.57. The largest absolute Gasteiger partial charge is 0.497 e. The molecule has 2 fully saturated rings. The topological polar surface area (TPSA) is 115 Å². The highest BCUT2D eigenvalue weighted by Crippen LogP contribution is 2.32. The molecule has 0 radical (unpaired) electrons. The van der Waals surface area contributed by atoms with Crippen LogP contribution in [0.3, 0.4) is 0 Å². The number of ether oxygens (including phenoxy) is 3. The number of nitrogen functional groups attached to an aromatic ring is 1. The van der Waals surface area contributed by atoms with E-state index in [-0.39, 0.29) is 12.1 Å². The van der Waals surface area contributed by atoms with E-state index in [0.717, 1.165) is 48.9 Å². The van der Waals surface area contributed by atoms with Gasteiger partial charge in [-0.25, -0.2) is 14.8 Å². The van der Waals surface area contributed by atoms with Crippen LogP contribution >= 0.6 is 0 Å². The van der Waals surface area contributed by atoms with E-state index in [4.69, 9.17) is 29.9 Å². The summed E-state index contributed by atoms with van der Waals surface area (Å²) in [6.45, 7) is 9.74. The van der Waals surface area contributed by atoms with Gasteiger partial charge in [-0.2, -0.15) is 0 Å². The number of carbonyl (C=O) groups is 1. The van der Waals surface area contributed by atoms with Gasteiger partial charge in [0, 0.05) is 32.2 Å². The number of morpholine rings is 1. The molecule has 0 saturated carbocycles. The molecular formula is C27H38N6O4. The molecule has 3 N–H and O–H groups in total. The summed E-state index contributed by atoms with van der Waals surface area (Å²) < 4.78 is 16.2. The van der Waals surface area contributed by atoms with E-state index in [2.05, 4.69) is 15.1 Å². The van der Waals surface area contributed by atoms with Gasteiger partial charge in [0.15, 0.2) is 17.5 Å². The molecule has 10 heteroatoms. The first-order chi connectivity index (χ1) is 17.7. The third-order valence-corrected chi connectivity index (χ3v) is 6.29. The molecule has 2 aliphatic heterocycles. The first-order valence-electron chi connectivity index (χ1n) is 12.8. The molecule has 0 atom stereocenters. The van der Waals surface area contributed by atoms with E-state index in [1.165, 1.54) is 0 Å². The van der Waals surface area contributed by atoms with Crippen molar-refractivity contribution in [2.45, 2.75) is 45.3 Å². The maximum Gasteiger partial charge on any atom is 0.407 e. The van der Waals surface area contributed by atoms with Crippen LogP contribution in [0.5, 0.6) is 5.75 Å². The van der Waals surface area contributed by atoms with Crippen LogP contribution in [-0.2, 0) is 9.47 Å². The van der Waals surface area contributed by atoms with Crippen LogP contribution in [-0.4, -0.2) is 74.2 Å². The molecular weight excluding hydrogens is 472 g/mol. The minimum absolute atomic E-state index is 0.0438. The number of rotatable bonds is 6. The summed E-state index contributed by atoms with van der Waals surface area (Å²) in [6, 6.07) is 7.85. The number of nitrogens with zero attached hydrogens (tertiary/aromatic N) is 4. The van der Waals surface area contributed by atoms with Gasteiger partial charge in [0.25, 0.3) is 0 Å². The smallest absolute Gasteiger partial charge is 0.407 e. The molecule has 0 spiro atoms. The quantitative estimate of drug-likeness (QED) is 0.602. The first-order valence-corrected chi connectivity index (χ1v) is 12.8. The zero-order chi connectivity index (χ0) is 26.4. The van der Waals surface area contributed by atoms with Crippen molar-refractivity contribution in [1.29, 1.82) is 0 Å². The molecule has 0 unspecified atom stereocenters. The van der Waals surface area contributed by atoms with Crippen molar-refractivity contribution >= 4 is 35.6 Å². The number of piperidine rings is 1. The second kappa shape index (κ2) is 11.7. The summed E-state index contributed by atoms with van der Waals surface area (Å²) in [5.74, 6) is 2.86. The van der Waals surface area contributed by atoms with Crippen molar-refractivity contribution in [2.24, 2.45) is 0 Å². The van der Waals surface area contributed by atoms with Crippen LogP contribution in [0.4, 0.5) is 22.1 Å². The van der Waals surface area contributed by atoms with Gasteiger partial charge in [-0.3, -0.25) is 0 Å². The average molecular weight is 511 g/mol. The highest BCUT2D eigenvalue weighted by atomic mass is 16.6. The Balaban J connectivity index is 1.52. The van der Waals surface area contributed by atoms with Crippen molar-refractivity contribution in [3.63, 3.8) is 0 Å². The Morgan fingerprint density at radius 2 is 1.62 bits per heavy atom. The molecule has 1 aromatic carbocycles. The number of carbonyl (C=O) groups excluding carboxylic acids is 1. The summed E-state index contributed by atoms with van der Waals surface area (Å²) >= 11 is 0. The zero-order valence-corrected chi connectivity index (χ0v) is 22.2. The summed E-state index contributed by atoms with van der Waals surface area (Å²) in [5, 5.41) is 2.99. The maximum absolute atomic E-state index is 12.2. The van der Waals surface area contributed by atoms with Crippen LogP contribution in [0.1, 0.15) is 45.0 Å². The molecule has 1 aromatic heterocycles. The summed E-state index contributed by atoms with van der Waals surface area (Å²) in [7, 11) is 1.65. The summed E-state index contributed by atoms with van der Waals surface area (Å²) in [4.78, 5) is 26.2. The van der Waals surface area contributed by atoms with Crippen LogP contribution in [0.2, 0.25) is 0 Å². The third-order valence-electron chi connectivity index (χ3n) is 6.29. The Morgan fingerprint density at radius 3 is 2.19 bits per heavy atom. The average Bonchev–Trinajstić information content (AvgIpc) is 2.88. The number of hydrogen-bond donors (Lipinski definition) is 2. The number of nitrogens with two attached hydrogens (primary N) is 1. The second-order valence-electron chi connectivity index (χ2n) is 10.3. The number of benzene rings is 1. The monoisotopic (exact) mass is 510 g/mol. The molecule has 4 rings (SSSR count). The maximum atomic E-state index is 12.2. The SMILES string of the molecule is COc1ccc(C=Cc2nc(N3CCOCC3)c(N)c(N3CCC(NC(=O)OC(C)(C)C)CC3)n2)cc1. The lowest BCUT2D eigenvalue weighted by atomic mass is 10.1. The van der Waals surface area contributed by atoms with E-state index >= 15 is 0 Å². The minimum atomic E-state index is -0.522. The Hall–Kier alpha value is -3.53. The van der Waals surface area contributed by atoms with Gasteiger partial charge in [0.2, 0.25) is 0 Å². The standard InChI is InChI=1S/C27H38N6O4/c1-27(2,3)37-26(34)29-20-11-13-32(14-12-20)24-23(28)25(33-15-17-36-18-16-33)31-22(30-24)10-7-19-5-8-21(35-4)9-6-19/h5-10,20H,11-18,28H2,1-4H3,(H,29,34). The number of alkyl carbamates (subject to hydrolysis) is 1. The molecule has 2 aliphatic rings. The summed E-state index contributed by atoms with van der Waals surface area (Å²) in [5.41, 5.74) is 7.73. The fraction of sp³-hybridized carbons (Fsp3) is 0.519. The molecule has 37 heavy (non-hydrogen) atoms. The van der Waals surface area contributed by atoms with Gasteiger partial charge < -0.3 is 35.1 Å². The Kier molecular flexibility index (Phi) is 8.38. The lowest BCUT2D eigenvalue weighted by Crippen LogP contribution is -2.46. The van der Waals surface area contributed by atoms with Gasteiger partial charge in [-0.1, -0.05) is 18.2 Å². The molecule has 2 saturated heterocycles. The van der Waals surface area contributed by atoms with Gasteiger partial charge in [0.1, 0.15) is 17.0 Å². The number of methoxy groups -OCH3 is 1. The van der Waals surface area contributed by atoms with Crippen LogP contribution in [0.25, 0.3) is 12.2 Å². The molecule has 2 aromatic rings. The molecule has 200 valence electrons. The Bertz CT molecular complexity index is 1090. The first kappa shape index (κ1) is 26.5. The Labute approximate surface area is 218 Å². The van der Waals surface area contributed by atoms with E-state index in [1.807, 2.05) is 57.2 Å². The highest BCUT2D eigenvalue weighted by Gasteiger charge is 2.27. The van der Waals surface area contributed by atoms with Gasteiger partial charge >= 0.3 is 6.09 Å². The van der Waals surface area contributed by atoms with Gasteiger partial charge in [-0.15, -0.1) is 0 Å². The number of anilines is 3. The fourth-order valence-corrected chi connectivity index (χ4v) is 4.39. The third kappa shape index (κ3) is 7.25. The fourth-order valence-electron chi connectivity index (χ4n) is 4.39. The molecule has 1 amide bonds. The normalized spacial score (nSPS) is 17.2. The number of aromatic nitrogens is 2. The van der Waals surface area contributed by atoms with E-state index in [1.54, 1.807) is 7.11 Å². The lowest BCUT2D eigenvalue weighted by Gasteiger charge is -2.35. The van der Waals surface area contributed by atoms with Crippen molar-refractivity contribution in [2.75, 3.05) is 62.0 Å². The summed E-state index contributed by atoms with van der Waals surface area (Å²) in [6.07, 6.45) is 5.05. The predicted molar refractivity (Wildman–Crippen MR) is 146 cm³/mol. The molecule has 10 nitrogen and oxygen atoms in total. The van der Waals surface area contributed by atoms with Crippen molar-refractivity contribution in [3.8, 4) is 5.75 Å².